The Bertz CT molecular complexity index is 773. The normalized spacial score (nSPS) is 13.1. The van der Waals surface area contributed by atoms with Crippen LogP contribution in [0.1, 0.15) is 36.8 Å². The van der Waals surface area contributed by atoms with Gasteiger partial charge in [-0.1, -0.05) is 72.3 Å². The quantitative estimate of drug-likeness (QED) is 0.484. The lowest BCUT2D eigenvalue weighted by atomic mass is 9.50. The van der Waals surface area contributed by atoms with E-state index in [0.29, 0.717) is 6.42 Å². The zero-order chi connectivity index (χ0) is 22.0. The zero-order valence-electron chi connectivity index (χ0n) is 17.1. The van der Waals surface area contributed by atoms with Gasteiger partial charge in [0.1, 0.15) is 0 Å². The van der Waals surface area contributed by atoms with Crippen molar-refractivity contribution < 1.29 is 9.90 Å². The average Bonchev–Trinajstić information content (AvgIpc) is 2.70. The molecule has 8 heteroatoms. The highest BCUT2D eigenvalue weighted by atomic mass is 32.2. The van der Waals surface area contributed by atoms with Crippen LogP contribution in [0.4, 0.5) is 0 Å². The molecule has 0 saturated carbocycles. The Hall–Kier alpha value is -1.13. The largest absolute Gasteiger partial charge is 0.481 e. The van der Waals surface area contributed by atoms with E-state index in [-0.39, 0.29) is 11.7 Å². The molecule has 0 saturated heterocycles. The Morgan fingerprint density at radius 2 is 1.53 bits per heavy atom. The number of carbonyl (C=O) groups is 1. The summed E-state index contributed by atoms with van der Waals surface area (Å²) in [6, 6.07) is 19.9. The Labute approximate surface area is 194 Å². The second kappa shape index (κ2) is 12.0. The third kappa shape index (κ3) is 9.34. The van der Waals surface area contributed by atoms with Gasteiger partial charge in [-0.2, -0.15) is 23.5 Å². The van der Waals surface area contributed by atoms with Crippen LogP contribution >= 0.6 is 23.5 Å². The van der Waals surface area contributed by atoms with Crippen molar-refractivity contribution in [2.24, 2.45) is 0 Å². The minimum absolute atomic E-state index is 0.249. The van der Waals surface area contributed by atoms with Crippen molar-refractivity contribution in [1.29, 1.82) is 0 Å². The molecule has 1 N–H and O–H groups in total. The molecule has 2 aromatic rings. The second-order valence-electron chi connectivity index (χ2n) is 7.56. The molecule has 0 aromatic heterocycles. The fourth-order valence-corrected chi connectivity index (χ4v) is 5.42. The van der Waals surface area contributed by atoms with Crippen molar-refractivity contribution in [2.45, 2.75) is 46.4 Å². The van der Waals surface area contributed by atoms with Gasteiger partial charge in [-0.15, -0.1) is 0 Å². The van der Waals surface area contributed by atoms with Gasteiger partial charge < -0.3 is 5.11 Å². The molecule has 8 radical (unpaired) electrons. The highest BCUT2D eigenvalue weighted by molar-refractivity contribution is 8.02. The van der Waals surface area contributed by atoms with E-state index in [2.05, 4.69) is 12.1 Å². The SMILES string of the molecule is [B]C([B])(CCC(CCSC([B])([B])c1ccccc1)SCc1ccccc1)CC(=O)O. The van der Waals surface area contributed by atoms with Crippen molar-refractivity contribution >= 4 is 60.9 Å². The molecule has 148 valence electrons. The Kier molecular flexibility index (Phi) is 10.1. The summed E-state index contributed by atoms with van der Waals surface area (Å²) < 4.78 is -0.954. The minimum atomic E-state index is -1.21. The molecule has 0 aliphatic heterocycles. The number of hydrogen-bond donors (Lipinski definition) is 1. The van der Waals surface area contributed by atoms with Crippen molar-refractivity contribution in [3.63, 3.8) is 0 Å². The number of hydrogen-bond acceptors (Lipinski definition) is 3. The molecule has 0 spiro atoms. The van der Waals surface area contributed by atoms with Gasteiger partial charge in [0.05, 0.1) is 31.4 Å². The summed E-state index contributed by atoms with van der Waals surface area (Å²) in [6.07, 6.45) is 1.78. The summed E-state index contributed by atoms with van der Waals surface area (Å²) in [7, 11) is 24.6. The van der Waals surface area contributed by atoms with Crippen molar-refractivity contribution in [1.82, 2.24) is 0 Å². The maximum Gasteiger partial charge on any atom is 0.302 e. The van der Waals surface area contributed by atoms with Crippen LogP contribution in [0.15, 0.2) is 60.7 Å². The molecule has 2 nitrogen and oxygen atoms in total. The average molecular weight is 428 g/mol. The number of benzene rings is 2. The molecule has 0 aliphatic carbocycles. The third-order valence-corrected chi connectivity index (χ3v) is 7.34. The fraction of sp³-hybridized carbons (Fsp3) is 0.409. The van der Waals surface area contributed by atoms with E-state index in [1.807, 2.05) is 60.3 Å². The van der Waals surface area contributed by atoms with Crippen LogP contribution < -0.4 is 0 Å². The van der Waals surface area contributed by atoms with E-state index in [1.54, 1.807) is 0 Å². The summed E-state index contributed by atoms with van der Waals surface area (Å²) in [6.45, 7) is 0. The van der Waals surface area contributed by atoms with E-state index in [0.717, 1.165) is 29.9 Å². The molecule has 1 atom stereocenters. The van der Waals surface area contributed by atoms with Crippen LogP contribution in [0.5, 0.6) is 0 Å². The van der Waals surface area contributed by atoms with Gasteiger partial charge in [-0.25, -0.2) is 0 Å². The molecular formula is C22H24B4O2S2. The maximum atomic E-state index is 11.0. The van der Waals surface area contributed by atoms with Crippen molar-refractivity contribution in [2.75, 3.05) is 5.75 Å². The molecule has 0 heterocycles. The van der Waals surface area contributed by atoms with Gasteiger partial charge in [0.2, 0.25) is 0 Å². The third-order valence-electron chi connectivity index (χ3n) is 4.75. The van der Waals surface area contributed by atoms with Gasteiger partial charge in [0, 0.05) is 17.4 Å². The summed E-state index contributed by atoms with van der Waals surface area (Å²) >= 11 is 3.34. The molecule has 2 aromatic carbocycles. The van der Waals surface area contributed by atoms with Crippen LogP contribution in [-0.4, -0.2) is 53.5 Å². The summed E-state index contributed by atoms with van der Waals surface area (Å²) in [5.74, 6) is 0.657. The minimum Gasteiger partial charge on any atom is -0.481 e. The smallest absolute Gasteiger partial charge is 0.302 e. The van der Waals surface area contributed by atoms with Crippen LogP contribution in [-0.2, 0) is 15.1 Å². The highest BCUT2D eigenvalue weighted by Crippen LogP contribution is 2.36. The monoisotopic (exact) mass is 428 g/mol. The van der Waals surface area contributed by atoms with Gasteiger partial charge >= 0.3 is 5.97 Å². The number of thioether (sulfide) groups is 2. The standard InChI is InChI=1S/C22H24B4O2S2/c23-21(24,15-20(27)28)13-11-19(29-16-17-7-3-1-4-8-17)12-14-30-22(25,26)18-9-5-2-6-10-18/h1-10,19H,11-16H2,(H,27,28). The Morgan fingerprint density at radius 1 is 0.933 bits per heavy atom. The number of carboxylic acids is 1. The van der Waals surface area contributed by atoms with E-state index in [4.69, 9.17) is 36.5 Å². The van der Waals surface area contributed by atoms with Gasteiger partial charge in [0.15, 0.2) is 0 Å². The summed E-state index contributed by atoms with van der Waals surface area (Å²) in [4.78, 5) is 11.0. The zero-order valence-corrected chi connectivity index (χ0v) is 18.7. The van der Waals surface area contributed by atoms with Gasteiger partial charge in [-0.05, 0) is 34.3 Å². The van der Waals surface area contributed by atoms with Crippen LogP contribution in [0, 0.1) is 0 Å². The molecule has 0 bridgehead atoms. The van der Waals surface area contributed by atoms with Crippen molar-refractivity contribution in [3.05, 3.63) is 71.8 Å². The number of rotatable bonds is 13. The van der Waals surface area contributed by atoms with Gasteiger partial charge in [0.25, 0.3) is 0 Å². The van der Waals surface area contributed by atoms with E-state index < -0.39 is 15.7 Å². The first-order valence-electron chi connectivity index (χ1n) is 9.90. The Morgan fingerprint density at radius 3 is 2.13 bits per heavy atom. The van der Waals surface area contributed by atoms with E-state index in [9.17, 15) is 4.79 Å². The summed E-state index contributed by atoms with van der Waals surface area (Å²) in [5, 5.41) is 8.07. The number of carboxylic acid groups (broad SMARTS) is 1. The van der Waals surface area contributed by atoms with Crippen LogP contribution in [0.2, 0.25) is 5.21 Å². The van der Waals surface area contributed by atoms with Crippen LogP contribution in [0.3, 0.4) is 0 Å². The van der Waals surface area contributed by atoms with Crippen LogP contribution in [0.25, 0.3) is 0 Å². The fourth-order valence-electron chi connectivity index (χ4n) is 3.04. The molecule has 30 heavy (non-hydrogen) atoms. The van der Waals surface area contributed by atoms with Crippen molar-refractivity contribution in [3.8, 4) is 0 Å². The molecule has 1 unspecified atom stereocenters. The highest BCUT2D eigenvalue weighted by Gasteiger charge is 2.24. The lowest BCUT2D eigenvalue weighted by molar-refractivity contribution is -0.137. The topological polar surface area (TPSA) is 37.3 Å². The lowest BCUT2D eigenvalue weighted by Crippen LogP contribution is -2.24. The first-order chi connectivity index (χ1) is 14.2. The lowest BCUT2D eigenvalue weighted by Gasteiger charge is -2.29. The van der Waals surface area contributed by atoms with E-state index in [1.165, 1.54) is 17.3 Å². The Balaban J connectivity index is 1.93. The molecule has 0 aliphatic rings. The predicted molar refractivity (Wildman–Crippen MR) is 134 cm³/mol. The second-order valence-corrected chi connectivity index (χ2v) is 10.2. The summed E-state index contributed by atoms with van der Waals surface area (Å²) in [5.41, 5.74) is 2.13. The molecule has 2 rings (SSSR count). The van der Waals surface area contributed by atoms with Gasteiger partial charge in [-0.3, -0.25) is 4.79 Å². The first kappa shape index (κ1) is 25.1. The maximum absolute atomic E-state index is 11.0. The molecular weight excluding hydrogens is 404 g/mol. The molecule has 0 amide bonds. The van der Waals surface area contributed by atoms with E-state index >= 15 is 0 Å². The first-order valence-corrected chi connectivity index (χ1v) is 11.9. The molecule has 0 fully saturated rings. The predicted octanol–water partition coefficient (Wildman–Crippen LogP) is 4.27. The number of aliphatic carboxylic acids is 1.